The summed E-state index contributed by atoms with van der Waals surface area (Å²) in [6, 6.07) is 3.84. The maximum absolute atomic E-state index is 12.9. The van der Waals surface area contributed by atoms with E-state index in [0.717, 1.165) is 30.6 Å². The normalized spacial score (nSPS) is 21.2. The predicted octanol–water partition coefficient (Wildman–Crippen LogP) is 4.09. The predicted molar refractivity (Wildman–Crippen MR) is 107 cm³/mol. The van der Waals surface area contributed by atoms with Crippen LogP contribution in [0.5, 0.6) is 5.75 Å². The maximum Gasteiger partial charge on any atom is 0.317 e. The van der Waals surface area contributed by atoms with Crippen molar-refractivity contribution in [1.82, 2.24) is 15.1 Å². The SMILES string of the molecule is COc1ccc(C(C)NC(=O)N(C)C2CCN(C)CC2(C)C)c(C)c1Cl. The lowest BCUT2D eigenvalue weighted by Gasteiger charge is -2.47. The maximum atomic E-state index is 12.9. The molecule has 5 nitrogen and oxygen atoms in total. The van der Waals surface area contributed by atoms with Gasteiger partial charge in [0.15, 0.2) is 0 Å². The lowest BCUT2D eigenvalue weighted by atomic mass is 9.78. The van der Waals surface area contributed by atoms with E-state index in [0.29, 0.717) is 10.8 Å². The molecule has 2 unspecified atom stereocenters. The number of halogens is 1. The van der Waals surface area contributed by atoms with Gasteiger partial charge >= 0.3 is 6.03 Å². The van der Waals surface area contributed by atoms with E-state index in [-0.39, 0.29) is 23.5 Å². The van der Waals surface area contributed by atoms with Crippen molar-refractivity contribution < 1.29 is 9.53 Å². The second-order valence-corrected chi connectivity index (χ2v) is 8.49. The van der Waals surface area contributed by atoms with Crippen molar-refractivity contribution in [2.45, 2.75) is 46.2 Å². The first-order valence-electron chi connectivity index (χ1n) is 9.13. The molecule has 2 amide bonds. The fraction of sp³-hybridized carbons (Fsp3) is 0.650. The summed E-state index contributed by atoms with van der Waals surface area (Å²) in [5.74, 6) is 0.650. The molecule has 0 spiro atoms. The third-order valence-corrected chi connectivity index (χ3v) is 6.04. The molecule has 0 saturated carbocycles. The molecule has 1 saturated heterocycles. The highest BCUT2D eigenvalue weighted by atomic mass is 35.5. The molecule has 1 heterocycles. The Labute approximate surface area is 162 Å². The lowest BCUT2D eigenvalue weighted by Crippen LogP contribution is -2.57. The number of carbonyl (C=O) groups excluding carboxylic acids is 1. The van der Waals surface area contributed by atoms with E-state index < -0.39 is 0 Å². The Morgan fingerprint density at radius 3 is 2.69 bits per heavy atom. The zero-order chi connectivity index (χ0) is 19.6. The topological polar surface area (TPSA) is 44.8 Å². The van der Waals surface area contributed by atoms with E-state index in [4.69, 9.17) is 16.3 Å². The third kappa shape index (κ3) is 4.26. The molecule has 1 aromatic carbocycles. The largest absolute Gasteiger partial charge is 0.495 e. The summed E-state index contributed by atoms with van der Waals surface area (Å²) in [5, 5.41) is 3.72. The van der Waals surface area contributed by atoms with Crippen LogP contribution < -0.4 is 10.1 Å². The Balaban J connectivity index is 2.10. The molecular formula is C20H32ClN3O2. The number of hydrogen-bond acceptors (Lipinski definition) is 3. The monoisotopic (exact) mass is 381 g/mol. The quantitative estimate of drug-likeness (QED) is 0.854. The van der Waals surface area contributed by atoms with Crippen LogP contribution in [0, 0.1) is 12.3 Å². The zero-order valence-electron chi connectivity index (χ0n) is 17.0. The van der Waals surface area contributed by atoms with Crippen LogP contribution >= 0.6 is 11.6 Å². The third-order valence-electron chi connectivity index (χ3n) is 5.57. The smallest absolute Gasteiger partial charge is 0.317 e. The second-order valence-electron chi connectivity index (χ2n) is 8.11. The summed E-state index contributed by atoms with van der Waals surface area (Å²) >= 11 is 6.36. The molecule has 2 rings (SSSR count). The van der Waals surface area contributed by atoms with E-state index in [9.17, 15) is 4.79 Å². The first kappa shape index (κ1) is 20.8. The summed E-state index contributed by atoms with van der Waals surface area (Å²) in [6.45, 7) is 10.4. The number of urea groups is 1. The van der Waals surface area contributed by atoms with Crippen LogP contribution in [0.2, 0.25) is 5.02 Å². The summed E-state index contributed by atoms with van der Waals surface area (Å²) in [5.41, 5.74) is 1.99. The molecule has 0 bridgehead atoms. The van der Waals surface area contributed by atoms with E-state index in [2.05, 4.69) is 31.1 Å². The van der Waals surface area contributed by atoms with Gasteiger partial charge in [-0.3, -0.25) is 0 Å². The van der Waals surface area contributed by atoms with Gasteiger partial charge in [0.2, 0.25) is 0 Å². The molecule has 0 aromatic heterocycles. The van der Waals surface area contributed by atoms with Gasteiger partial charge in [0.05, 0.1) is 18.2 Å². The van der Waals surface area contributed by atoms with Crippen molar-refractivity contribution in [3.05, 3.63) is 28.3 Å². The highest BCUT2D eigenvalue weighted by Crippen LogP contribution is 2.34. The molecule has 146 valence electrons. The molecule has 1 aromatic rings. The summed E-state index contributed by atoms with van der Waals surface area (Å²) < 4.78 is 5.26. The second kappa shape index (κ2) is 8.05. The molecule has 1 N–H and O–H groups in total. The standard InChI is InChI=1S/C20H32ClN3O2/c1-13-15(8-9-16(26-7)18(13)21)14(2)22-19(25)24(6)17-10-11-23(5)12-20(17,3)4/h8-9,14,17H,10-12H2,1-7H3,(H,22,25). The van der Waals surface area contributed by atoms with Crippen LogP contribution in [0.4, 0.5) is 4.79 Å². The molecule has 26 heavy (non-hydrogen) atoms. The van der Waals surface area contributed by atoms with Crippen LogP contribution in [0.3, 0.4) is 0 Å². The minimum absolute atomic E-state index is 0.0496. The first-order valence-corrected chi connectivity index (χ1v) is 9.51. The number of nitrogens with zero attached hydrogens (tertiary/aromatic N) is 2. The van der Waals surface area contributed by atoms with Crippen LogP contribution in [0.25, 0.3) is 0 Å². The number of amides is 2. The fourth-order valence-electron chi connectivity index (χ4n) is 4.14. The van der Waals surface area contributed by atoms with Gasteiger partial charge in [-0.15, -0.1) is 0 Å². The highest BCUT2D eigenvalue weighted by Gasteiger charge is 2.39. The van der Waals surface area contributed by atoms with Gasteiger partial charge in [-0.2, -0.15) is 0 Å². The molecule has 0 radical (unpaired) electrons. The van der Waals surface area contributed by atoms with Crippen molar-refractivity contribution in [3.8, 4) is 5.75 Å². The Hall–Kier alpha value is -1.46. The van der Waals surface area contributed by atoms with E-state index in [1.807, 2.05) is 37.9 Å². The van der Waals surface area contributed by atoms with Crippen molar-refractivity contribution in [3.63, 3.8) is 0 Å². The van der Waals surface area contributed by atoms with Crippen LogP contribution in [0.1, 0.15) is 44.4 Å². The zero-order valence-corrected chi connectivity index (χ0v) is 17.8. The molecular weight excluding hydrogens is 350 g/mol. The Morgan fingerprint density at radius 1 is 1.46 bits per heavy atom. The molecule has 0 aliphatic carbocycles. The lowest BCUT2D eigenvalue weighted by molar-refractivity contribution is 0.0445. The van der Waals surface area contributed by atoms with Crippen molar-refractivity contribution in [2.75, 3.05) is 34.3 Å². The van der Waals surface area contributed by atoms with Crippen LogP contribution in [0.15, 0.2) is 12.1 Å². The van der Waals surface area contributed by atoms with Gasteiger partial charge in [0.1, 0.15) is 5.75 Å². The van der Waals surface area contributed by atoms with Crippen LogP contribution in [-0.2, 0) is 0 Å². The molecule has 1 aliphatic heterocycles. The number of benzene rings is 1. The Morgan fingerprint density at radius 2 is 2.12 bits per heavy atom. The first-order chi connectivity index (χ1) is 12.1. The number of hydrogen-bond donors (Lipinski definition) is 1. The summed E-state index contributed by atoms with van der Waals surface area (Å²) in [6.07, 6.45) is 0.981. The minimum atomic E-state index is -0.136. The Bertz CT molecular complexity index is 663. The summed E-state index contributed by atoms with van der Waals surface area (Å²) in [7, 11) is 5.63. The number of ether oxygens (including phenoxy) is 1. The van der Waals surface area contributed by atoms with Crippen LogP contribution in [-0.4, -0.2) is 56.2 Å². The van der Waals surface area contributed by atoms with Gasteiger partial charge in [0.25, 0.3) is 0 Å². The summed E-state index contributed by atoms with van der Waals surface area (Å²) in [4.78, 5) is 17.1. The van der Waals surface area contributed by atoms with Crippen molar-refractivity contribution in [2.24, 2.45) is 5.41 Å². The van der Waals surface area contributed by atoms with Gasteiger partial charge in [-0.05, 0) is 56.5 Å². The molecule has 1 aliphatic rings. The van der Waals surface area contributed by atoms with Gasteiger partial charge in [0, 0.05) is 19.6 Å². The molecule has 2 atom stereocenters. The number of carbonyl (C=O) groups is 1. The van der Waals surface area contributed by atoms with Crippen molar-refractivity contribution in [1.29, 1.82) is 0 Å². The van der Waals surface area contributed by atoms with Gasteiger partial charge < -0.3 is 19.9 Å². The Kier molecular flexibility index (Phi) is 6.46. The van der Waals surface area contributed by atoms with Gasteiger partial charge in [-0.1, -0.05) is 31.5 Å². The molecule has 1 fully saturated rings. The molecule has 6 heteroatoms. The number of methoxy groups -OCH3 is 1. The van der Waals surface area contributed by atoms with E-state index in [1.54, 1.807) is 7.11 Å². The number of rotatable bonds is 4. The highest BCUT2D eigenvalue weighted by molar-refractivity contribution is 6.32. The number of likely N-dealkylation sites (tertiary alicyclic amines) is 1. The van der Waals surface area contributed by atoms with E-state index in [1.165, 1.54) is 0 Å². The fourth-order valence-corrected chi connectivity index (χ4v) is 4.39. The minimum Gasteiger partial charge on any atom is -0.495 e. The average molecular weight is 382 g/mol. The average Bonchev–Trinajstić information content (AvgIpc) is 2.55. The van der Waals surface area contributed by atoms with Crippen molar-refractivity contribution >= 4 is 17.6 Å². The number of piperidine rings is 1. The number of nitrogens with one attached hydrogen (secondary N) is 1. The van der Waals surface area contributed by atoms with Gasteiger partial charge in [-0.25, -0.2) is 4.79 Å². The van der Waals surface area contributed by atoms with E-state index >= 15 is 0 Å².